The minimum Gasteiger partial charge on any atom is -0.444 e. The summed E-state index contributed by atoms with van der Waals surface area (Å²) in [5, 5.41) is 2.28. The lowest BCUT2D eigenvalue weighted by atomic mass is 10.1. The summed E-state index contributed by atoms with van der Waals surface area (Å²) in [4.78, 5) is 52.6. The maximum absolute atomic E-state index is 14.0. The van der Waals surface area contributed by atoms with Gasteiger partial charge in [0.25, 0.3) is 0 Å². The number of anilines is 2. The molecule has 0 saturated carbocycles. The number of hydrogen-bond donors (Lipinski definition) is 1. The number of aryl methyl sites for hydroxylation is 1. The molecule has 0 spiro atoms. The molecular formula is C30H32ClF3N6O5. The molecule has 0 aliphatic carbocycles. The van der Waals surface area contributed by atoms with Crippen molar-refractivity contribution in [1.29, 1.82) is 0 Å². The zero-order chi connectivity index (χ0) is 32.8. The molecule has 1 fully saturated rings. The molecule has 4 heterocycles. The second-order valence-corrected chi connectivity index (χ2v) is 12.1. The molecule has 2 amide bonds. The van der Waals surface area contributed by atoms with E-state index in [9.17, 15) is 27.6 Å². The quantitative estimate of drug-likeness (QED) is 0.289. The van der Waals surface area contributed by atoms with E-state index in [1.54, 1.807) is 43.2 Å². The van der Waals surface area contributed by atoms with E-state index in [1.807, 2.05) is 11.8 Å². The molecule has 240 valence electrons. The minimum atomic E-state index is -4.60. The van der Waals surface area contributed by atoms with Crippen LogP contribution < -0.4 is 15.6 Å². The molecule has 4 aromatic rings. The number of aromatic nitrogens is 3. The number of piperazine rings is 1. The number of carbonyl (C=O) groups is 2. The maximum atomic E-state index is 14.0. The largest absolute Gasteiger partial charge is 0.444 e. The second kappa shape index (κ2) is 11.9. The number of nitrogens with one attached hydrogen (secondary N) is 1. The number of halogens is 4. The Kier molecular flexibility index (Phi) is 8.47. The highest BCUT2D eigenvalue weighted by molar-refractivity contribution is 6.33. The lowest BCUT2D eigenvalue weighted by molar-refractivity contribution is -0.137. The maximum Gasteiger partial charge on any atom is 0.416 e. The van der Waals surface area contributed by atoms with E-state index >= 15 is 0 Å². The van der Waals surface area contributed by atoms with Crippen molar-refractivity contribution >= 4 is 57.4 Å². The van der Waals surface area contributed by atoms with Crippen LogP contribution >= 0.6 is 11.6 Å². The Morgan fingerprint density at radius 2 is 1.78 bits per heavy atom. The van der Waals surface area contributed by atoms with Crippen LogP contribution in [0.3, 0.4) is 0 Å². The molecule has 0 atom stereocenters. The SMILES string of the molecule is CCc1c(N2CCN(C(=O)OC(C)(C)C)CC2)c(=O)c2nc3cc(C)oc3nc2n1CC(=O)Nc1ccc(C(F)(F)F)cc1Cl. The second-order valence-electron chi connectivity index (χ2n) is 11.7. The first-order valence-electron chi connectivity index (χ1n) is 14.3. The summed E-state index contributed by atoms with van der Waals surface area (Å²) >= 11 is 6.08. The summed E-state index contributed by atoms with van der Waals surface area (Å²) < 4.78 is 52.1. The van der Waals surface area contributed by atoms with Gasteiger partial charge in [-0.3, -0.25) is 9.59 Å². The molecule has 11 nitrogen and oxygen atoms in total. The summed E-state index contributed by atoms with van der Waals surface area (Å²) in [7, 11) is 0. The lowest BCUT2D eigenvalue weighted by Crippen LogP contribution is -2.51. The number of nitrogens with zero attached hydrogens (tertiary/aromatic N) is 5. The molecule has 5 rings (SSSR count). The van der Waals surface area contributed by atoms with Crippen molar-refractivity contribution in [2.45, 2.75) is 59.4 Å². The van der Waals surface area contributed by atoms with Crippen LogP contribution in [0.25, 0.3) is 22.4 Å². The molecule has 1 aromatic carbocycles. The standard InChI is InChI=1S/C30H32ClF3N6O5/c1-6-21-24(38-9-11-39(12-10-38)28(43)45-29(3,4)5)25(42)23-26(37-27-20(36-23)13-16(2)44-27)40(21)15-22(41)35-19-8-7-17(14-18(19)31)30(32,33)34/h7-8,13-14H,6,9-12,15H2,1-5H3,(H,35,41). The number of ether oxygens (including phenoxy) is 1. The highest BCUT2D eigenvalue weighted by Gasteiger charge is 2.32. The van der Waals surface area contributed by atoms with Gasteiger partial charge >= 0.3 is 12.3 Å². The third-order valence-corrected chi connectivity index (χ3v) is 7.52. The van der Waals surface area contributed by atoms with Crippen molar-refractivity contribution in [3.63, 3.8) is 0 Å². The normalized spacial score (nSPS) is 14.3. The van der Waals surface area contributed by atoms with Crippen molar-refractivity contribution in [2.24, 2.45) is 0 Å². The third-order valence-electron chi connectivity index (χ3n) is 7.21. The number of pyridine rings is 1. The van der Waals surface area contributed by atoms with Crippen molar-refractivity contribution in [1.82, 2.24) is 19.4 Å². The fraction of sp³-hybridized carbons (Fsp3) is 0.433. The Morgan fingerprint density at radius 3 is 2.38 bits per heavy atom. The first-order valence-corrected chi connectivity index (χ1v) is 14.7. The van der Waals surface area contributed by atoms with Gasteiger partial charge in [0.2, 0.25) is 17.0 Å². The van der Waals surface area contributed by atoms with Crippen LogP contribution in [0.5, 0.6) is 0 Å². The molecule has 1 aliphatic rings. The van der Waals surface area contributed by atoms with E-state index in [0.29, 0.717) is 55.3 Å². The van der Waals surface area contributed by atoms with Gasteiger partial charge in [-0.05, 0) is 52.3 Å². The summed E-state index contributed by atoms with van der Waals surface area (Å²) in [6.45, 7) is 9.78. The van der Waals surface area contributed by atoms with E-state index in [4.69, 9.17) is 20.8 Å². The summed E-state index contributed by atoms with van der Waals surface area (Å²) in [5.74, 6) is -0.0854. The Balaban J connectivity index is 1.54. The van der Waals surface area contributed by atoms with E-state index in [-0.39, 0.29) is 39.6 Å². The molecule has 3 aromatic heterocycles. The zero-order valence-corrected chi connectivity index (χ0v) is 26.1. The van der Waals surface area contributed by atoms with E-state index in [0.717, 1.165) is 18.2 Å². The fourth-order valence-electron chi connectivity index (χ4n) is 5.23. The molecule has 1 saturated heterocycles. The van der Waals surface area contributed by atoms with E-state index in [1.165, 1.54) is 0 Å². The van der Waals surface area contributed by atoms with Gasteiger partial charge in [0.1, 0.15) is 29.1 Å². The number of amides is 2. The predicted molar refractivity (Wildman–Crippen MR) is 163 cm³/mol. The molecule has 15 heteroatoms. The molecule has 45 heavy (non-hydrogen) atoms. The van der Waals surface area contributed by atoms with Gasteiger partial charge in [0.05, 0.1) is 16.3 Å². The van der Waals surface area contributed by atoms with Crippen LogP contribution in [-0.4, -0.2) is 63.2 Å². The number of carbonyl (C=O) groups excluding carboxylic acids is 2. The number of benzene rings is 1. The lowest BCUT2D eigenvalue weighted by Gasteiger charge is -2.37. The van der Waals surface area contributed by atoms with Gasteiger partial charge in [-0.15, -0.1) is 0 Å². The number of fused-ring (bicyclic) bond motifs is 2. The van der Waals surface area contributed by atoms with E-state index in [2.05, 4.69) is 15.3 Å². The summed E-state index contributed by atoms with van der Waals surface area (Å²) in [6, 6.07) is 4.29. The summed E-state index contributed by atoms with van der Waals surface area (Å²) in [6.07, 6.45) is -4.73. The van der Waals surface area contributed by atoms with Gasteiger partial charge in [-0.1, -0.05) is 18.5 Å². The topological polar surface area (TPSA) is 123 Å². The number of hydrogen-bond acceptors (Lipinski definition) is 8. The molecule has 0 unspecified atom stereocenters. The van der Waals surface area contributed by atoms with Gasteiger partial charge in [-0.25, -0.2) is 9.78 Å². The van der Waals surface area contributed by atoms with Crippen molar-refractivity contribution in [3.05, 3.63) is 56.5 Å². The fourth-order valence-corrected chi connectivity index (χ4v) is 5.46. The molecule has 0 radical (unpaired) electrons. The predicted octanol–water partition coefficient (Wildman–Crippen LogP) is 5.78. The smallest absolute Gasteiger partial charge is 0.416 e. The van der Waals surface area contributed by atoms with Crippen LogP contribution in [0.2, 0.25) is 5.02 Å². The van der Waals surface area contributed by atoms with Gasteiger partial charge in [-0.2, -0.15) is 18.2 Å². The van der Waals surface area contributed by atoms with Crippen LogP contribution in [0.15, 0.2) is 33.5 Å². The highest BCUT2D eigenvalue weighted by Crippen LogP contribution is 2.34. The first-order chi connectivity index (χ1) is 21.1. The number of furan rings is 1. The number of rotatable bonds is 5. The monoisotopic (exact) mass is 648 g/mol. The average Bonchev–Trinajstić information content (AvgIpc) is 3.32. The van der Waals surface area contributed by atoms with Crippen LogP contribution in [0.4, 0.5) is 29.3 Å². The molecule has 1 aliphatic heterocycles. The average molecular weight is 649 g/mol. The highest BCUT2D eigenvalue weighted by atomic mass is 35.5. The third kappa shape index (κ3) is 6.70. The van der Waals surface area contributed by atoms with Crippen LogP contribution in [0, 0.1) is 6.92 Å². The van der Waals surface area contributed by atoms with Crippen molar-refractivity contribution < 1.29 is 31.9 Å². The molecule has 0 bridgehead atoms. The zero-order valence-electron chi connectivity index (χ0n) is 25.3. The van der Waals surface area contributed by atoms with E-state index < -0.39 is 29.3 Å². The minimum absolute atomic E-state index is 0.00770. The Hall–Kier alpha value is -4.33. The van der Waals surface area contributed by atoms with Crippen LogP contribution in [-0.2, 0) is 28.7 Å². The Bertz CT molecular complexity index is 1860. The van der Waals surface area contributed by atoms with Gasteiger partial charge < -0.3 is 28.8 Å². The van der Waals surface area contributed by atoms with Crippen molar-refractivity contribution in [3.8, 4) is 0 Å². The number of alkyl halides is 3. The van der Waals surface area contributed by atoms with Gasteiger partial charge in [0.15, 0.2) is 11.2 Å². The molecular weight excluding hydrogens is 617 g/mol. The van der Waals surface area contributed by atoms with Gasteiger partial charge in [0, 0.05) is 37.9 Å². The van der Waals surface area contributed by atoms with Crippen LogP contribution in [0.1, 0.15) is 44.7 Å². The Labute approximate surface area is 260 Å². The summed E-state index contributed by atoms with van der Waals surface area (Å²) in [5.41, 5.74) is -0.504. The first kappa shape index (κ1) is 32.1. The van der Waals surface area contributed by atoms with Crippen molar-refractivity contribution in [2.75, 3.05) is 36.4 Å². The Morgan fingerprint density at radius 1 is 1.09 bits per heavy atom. The molecule has 1 N–H and O–H groups in total.